The second kappa shape index (κ2) is 7.11. The lowest BCUT2D eigenvalue weighted by Crippen LogP contribution is -2.10. The normalized spacial score (nSPS) is 13.8. The van der Waals surface area contributed by atoms with Gasteiger partial charge in [-0.3, -0.25) is 0 Å². The molecule has 0 unspecified atom stereocenters. The van der Waals surface area contributed by atoms with Gasteiger partial charge in [0.05, 0.1) is 0 Å². The van der Waals surface area contributed by atoms with Gasteiger partial charge in [-0.1, -0.05) is 110 Å². The summed E-state index contributed by atoms with van der Waals surface area (Å²) in [6.07, 6.45) is 7.59. The van der Waals surface area contributed by atoms with Gasteiger partial charge in [0.25, 0.3) is 0 Å². The Labute approximate surface area is 182 Å². The zero-order chi connectivity index (χ0) is 20.8. The van der Waals surface area contributed by atoms with Crippen molar-refractivity contribution in [2.45, 2.75) is 6.42 Å². The summed E-state index contributed by atoms with van der Waals surface area (Å²) in [5.74, 6) is 0. The van der Waals surface area contributed by atoms with Gasteiger partial charge in [-0.05, 0) is 72.3 Å². The van der Waals surface area contributed by atoms with Crippen LogP contribution in [0.3, 0.4) is 0 Å². The van der Waals surface area contributed by atoms with Crippen LogP contribution in [0.4, 0.5) is 0 Å². The molecule has 4 aromatic rings. The van der Waals surface area contributed by atoms with E-state index < -0.39 is 0 Å². The number of allylic oxidation sites excluding steroid dienone is 4. The molecule has 1 radical (unpaired) electrons. The van der Waals surface area contributed by atoms with Gasteiger partial charge in [-0.15, -0.1) is 0 Å². The second-order valence-electron chi connectivity index (χ2n) is 8.08. The summed E-state index contributed by atoms with van der Waals surface area (Å²) in [4.78, 5) is 0. The van der Waals surface area contributed by atoms with Crippen molar-refractivity contribution in [2.24, 2.45) is 0 Å². The summed E-state index contributed by atoms with van der Waals surface area (Å²) in [5, 5.41) is 4.80. The van der Waals surface area contributed by atoms with Crippen molar-refractivity contribution < 1.29 is 0 Å². The van der Waals surface area contributed by atoms with E-state index in [0.29, 0.717) is 0 Å². The fourth-order valence-corrected chi connectivity index (χ4v) is 4.97. The third kappa shape index (κ3) is 2.76. The van der Waals surface area contributed by atoms with Crippen molar-refractivity contribution in [3.63, 3.8) is 0 Å². The van der Waals surface area contributed by atoms with E-state index >= 15 is 0 Å². The Morgan fingerprint density at radius 3 is 1.94 bits per heavy atom. The molecule has 0 atom stereocenters. The minimum atomic E-state index is 0.945. The molecule has 0 bridgehead atoms. The highest BCUT2D eigenvalue weighted by atomic mass is 14.2. The average Bonchev–Trinajstić information content (AvgIpc) is 3.45. The molecule has 145 valence electrons. The summed E-state index contributed by atoms with van der Waals surface area (Å²) < 4.78 is 0. The van der Waals surface area contributed by atoms with E-state index in [1.54, 1.807) is 0 Å². The summed E-state index contributed by atoms with van der Waals surface area (Å²) >= 11 is 0. The zero-order valence-electron chi connectivity index (χ0n) is 17.2. The minimum absolute atomic E-state index is 0.945. The van der Waals surface area contributed by atoms with Crippen LogP contribution in [0.1, 0.15) is 12.0 Å². The van der Waals surface area contributed by atoms with Crippen LogP contribution in [-0.2, 0) is 0 Å². The molecule has 0 N–H and O–H groups in total. The van der Waals surface area contributed by atoms with E-state index in [4.69, 9.17) is 0 Å². The van der Waals surface area contributed by atoms with E-state index in [1.165, 1.54) is 54.6 Å². The molecule has 2 aliphatic rings. The Bertz CT molecular complexity index is 1580. The molecule has 0 saturated heterocycles. The molecule has 0 heteroatoms. The molecule has 31 heavy (non-hydrogen) atoms. The Hall–Kier alpha value is -3.90. The standard InChI is InChI=1S/C31H21/c1-21-20-27-29(23-16-8-9-17-23)25-18-10-11-19-26(25)31(27)30(24-14-6-3-7-15-24)28(21)22-12-4-2-5-13-22/h2-16,18-19H,1,17H2. The smallest absolute Gasteiger partial charge is 0.000451 e. The SMILES string of the molecule is C=c1[c]c2c(c(-c3ccccc3)c1-c1ccccc1)=c1ccccc1=C2C1=CC=CC1. The van der Waals surface area contributed by atoms with Crippen LogP contribution in [0, 0.1) is 16.5 Å². The van der Waals surface area contributed by atoms with E-state index in [-0.39, 0.29) is 0 Å². The Kier molecular flexibility index (Phi) is 4.11. The molecule has 4 aromatic carbocycles. The Balaban J connectivity index is 1.84. The van der Waals surface area contributed by atoms with Crippen LogP contribution < -0.4 is 10.4 Å². The van der Waals surface area contributed by atoms with Crippen molar-refractivity contribution in [2.75, 3.05) is 0 Å². The zero-order valence-corrected chi connectivity index (χ0v) is 17.2. The van der Waals surface area contributed by atoms with Crippen molar-refractivity contribution in [1.82, 2.24) is 0 Å². The molecule has 0 nitrogen and oxygen atoms in total. The molecule has 0 fully saturated rings. The monoisotopic (exact) mass is 393 g/mol. The fourth-order valence-electron chi connectivity index (χ4n) is 4.97. The van der Waals surface area contributed by atoms with Crippen LogP contribution in [0.25, 0.3) is 34.4 Å². The van der Waals surface area contributed by atoms with Crippen LogP contribution in [0.2, 0.25) is 0 Å². The highest BCUT2D eigenvalue weighted by molar-refractivity contribution is 5.91. The van der Waals surface area contributed by atoms with E-state index in [0.717, 1.165) is 11.6 Å². The Morgan fingerprint density at radius 2 is 1.29 bits per heavy atom. The average molecular weight is 394 g/mol. The maximum atomic E-state index is 4.48. The van der Waals surface area contributed by atoms with Crippen molar-refractivity contribution >= 4 is 12.2 Å². The third-order valence-electron chi connectivity index (χ3n) is 6.26. The predicted molar refractivity (Wildman–Crippen MR) is 129 cm³/mol. The molecular formula is C31H21. The molecular weight excluding hydrogens is 372 g/mol. The molecule has 0 spiro atoms. The molecule has 0 saturated carbocycles. The first-order valence-corrected chi connectivity index (χ1v) is 10.7. The third-order valence-corrected chi connectivity index (χ3v) is 6.26. The highest BCUT2D eigenvalue weighted by Gasteiger charge is 2.22. The van der Waals surface area contributed by atoms with Crippen molar-refractivity contribution in [1.29, 1.82) is 0 Å². The van der Waals surface area contributed by atoms with Crippen LogP contribution in [0.15, 0.2) is 109 Å². The molecule has 0 amide bonds. The number of rotatable bonds is 3. The number of hydrogen-bond acceptors (Lipinski definition) is 0. The second-order valence-corrected chi connectivity index (χ2v) is 8.08. The quantitative estimate of drug-likeness (QED) is 0.405. The first kappa shape index (κ1) is 17.9. The summed E-state index contributed by atoms with van der Waals surface area (Å²) in [6.45, 7) is 4.48. The van der Waals surface area contributed by atoms with Crippen LogP contribution >= 0.6 is 0 Å². The van der Waals surface area contributed by atoms with Gasteiger partial charge < -0.3 is 0 Å². The minimum Gasteiger partial charge on any atom is -0.0905 e. The van der Waals surface area contributed by atoms with Crippen LogP contribution in [0.5, 0.6) is 0 Å². The van der Waals surface area contributed by atoms with Gasteiger partial charge in [0.1, 0.15) is 0 Å². The maximum absolute atomic E-state index is 4.48. The van der Waals surface area contributed by atoms with Crippen LogP contribution in [-0.4, -0.2) is 0 Å². The first-order chi connectivity index (χ1) is 15.3. The van der Waals surface area contributed by atoms with E-state index in [2.05, 4.69) is 116 Å². The van der Waals surface area contributed by atoms with Gasteiger partial charge >= 0.3 is 0 Å². The predicted octanol–water partition coefficient (Wildman–Crippen LogP) is 5.92. The summed E-state index contributed by atoms with van der Waals surface area (Å²) in [5.41, 5.74) is 8.65. The van der Waals surface area contributed by atoms with Gasteiger partial charge in [0.15, 0.2) is 0 Å². The summed E-state index contributed by atoms with van der Waals surface area (Å²) in [7, 11) is 0. The van der Waals surface area contributed by atoms with Crippen molar-refractivity contribution in [3.8, 4) is 22.3 Å². The molecule has 6 rings (SSSR count). The summed E-state index contributed by atoms with van der Waals surface area (Å²) in [6, 6.07) is 33.8. The topological polar surface area (TPSA) is 0 Å². The van der Waals surface area contributed by atoms with Crippen molar-refractivity contribution in [3.05, 3.63) is 141 Å². The van der Waals surface area contributed by atoms with Gasteiger partial charge in [0.2, 0.25) is 0 Å². The first-order valence-electron chi connectivity index (χ1n) is 10.7. The lowest BCUT2D eigenvalue weighted by molar-refractivity contribution is 1.32. The number of benzene rings is 4. The highest BCUT2D eigenvalue weighted by Crippen LogP contribution is 2.37. The Morgan fingerprint density at radius 1 is 0.677 bits per heavy atom. The maximum Gasteiger partial charge on any atom is -0.000451 e. The van der Waals surface area contributed by atoms with Gasteiger partial charge in [-0.2, -0.15) is 0 Å². The number of fused-ring (bicyclic) bond motifs is 2. The van der Waals surface area contributed by atoms with E-state index in [1.807, 2.05) is 0 Å². The molecule has 0 aliphatic heterocycles. The number of hydrogen-bond donors (Lipinski definition) is 0. The molecule has 2 aliphatic carbocycles. The molecule has 0 heterocycles. The van der Waals surface area contributed by atoms with Gasteiger partial charge in [0, 0.05) is 0 Å². The molecule has 0 aromatic heterocycles. The largest absolute Gasteiger partial charge is 0.0905 e. The van der Waals surface area contributed by atoms with E-state index in [9.17, 15) is 0 Å². The fraction of sp³-hybridized carbons (Fsp3) is 0.0323. The lowest BCUT2D eigenvalue weighted by Gasteiger charge is -2.16. The lowest BCUT2D eigenvalue weighted by atomic mass is 9.87. The van der Waals surface area contributed by atoms with Gasteiger partial charge in [-0.25, -0.2) is 0 Å².